The van der Waals surface area contributed by atoms with Gasteiger partial charge in [0.2, 0.25) is 0 Å². The molecule has 2 atom stereocenters. The van der Waals surface area contributed by atoms with Gasteiger partial charge in [-0.1, -0.05) is 29.8 Å². The average Bonchev–Trinajstić information content (AvgIpc) is 3.34. The van der Waals surface area contributed by atoms with Crippen LogP contribution in [0.2, 0.25) is 0 Å². The van der Waals surface area contributed by atoms with E-state index in [4.69, 9.17) is 4.74 Å². The second-order valence-corrected chi connectivity index (χ2v) is 7.70. The van der Waals surface area contributed by atoms with Crippen LogP contribution in [0.15, 0.2) is 29.3 Å². The number of aryl methyl sites for hydroxylation is 2. The van der Waals surface area contributed by atoms with Gasteiger partial charge >= 0.3 is 0 Å². The van der Waals surface area contributed by atoms with Gasteiger partial charge in [-0.25, -0.2) is 0 Å². The van der Waals surface area contributed by atoms with Crippen molar-refractivity contribution in [3.63, 3.8) is 0 Å². The van der Waals surface area contributed by atoms with Crippen LogP contribution in [0.4, 0.5) is 0 Å². The molecule has 0 spiro atoms. The van der Waals surface area contributed by atoms with Gasteiger partial charge in [0.1, 0.15) is 5.82 Å². The van der Waals surface area contributed by atoms with E-state index in [0.717, 1.165) is 63.0 Å². The summed E-state index contributed by atoms with van der Waals surface area (Å²) in [5.74, 6) is 3.30. The fourth-order valence-electron chi connectivity index (χ4n) is 4.13. The molecule has 2 aliphatic heterocycles. The van der Waals surface area contributed by atoms with Crippen LogP contribution in [-0.4, -0.2) is 40.9 Å². The SMILES string of the molecule is CN=C(NCc1nnc2n1CCC2)NCC1CCCOC1c1ccc(C)cc1.I. The van der Waals surface area contributed by atoms with Crippen molar-refractivity contribution in [2.24, 2.45) is 10.9 Å². The first kappa shape index (κ1) is 22.0. The number of nitrogens with zero attached hydrogens (tertiary/aromatic N) is 4. The van der Waals surface area contributed by atoms with Gasteiger partial charge in [-0.15, -0.1) is 34.2 Å². The molecule has 1 aromatic heterocycles. The molecule has 0 saturated carbocycles. The lowest BCUT2D eigenvalue weighted by atomic mass is 9.89. The van der Waals surface area contributed by atoms with Gasteiger partial charge in [0.05, 0.1) is 12.6 Å². The summed E-state index contributed by atoms with van der Waals surface area (Å²) in [6, 6.07) is 8.71. The van der Waals surface area contributed by atoms with Crippen molar-refractivity contribution in [2.45, 2.75) is 51.8 Å². The van der Waals surface area contributed by atoms with Crippen molar-refractivity contribution in [3.8, 4) is 0 Å². The predicted octanol–water partition coefficient (Wildman–Crippen LogP) is 2.98. The number of halogens is 1. The van der Waals surface area contributed by atoms with Crippen LogP contribution in [0.1, 0.15) is 48.1 Å². The quantitative estimate of drug-likeness (QED) is 0.368. The van der Waals surface area contributed by atoms with Gasteiger partial charge in [-0.05, 0) is 31.7 Å². The lowest BCUT2D eigenvalue weighted by Gasteiger charge is -2.32. The highest BCUT2D eigenvalue weighted by Crippen LogP contribution is 2.33. The molecule has 1 saturated heterocycles. The van der Waals surface area contributed by atoms with Gasteiger partial charge in [-0.2, -0.15) is 0 Å². The fraction of sp³-hybridized carbons (Fsp3) is 0.571. The van der Waals surface area contributed by atoms with Gasteiger partial charge in [0, 0.05) is 39.1 Å². The van der Waals surface area contributed by atoms with Gasteiger partial charge in [0.25, 0.3) is 0 Å². The number of benzene rings is 1. The van der Waals surface area contributed by atoms with Crippen molar-refractivity contribution in [3.05, 3.63) is 47.0 Å². The molecule has 0 bridgehead atoms. The molecule has 158 valence electrons. The monoisotopic (exact) mass is 510 g/mol. The highest BCUT2D eigenvalue weighted by Gasteiger charge is 2.27. The molecule has 2 unspecified atom stereocenters. The molecule has 2 aromatic rings. The first-order valence-electron chi connectivity index (χ1n) is 10.3. The Bertz CT molecular complexity index is 819. The lowest BCUT2D eigenvalue weighted by Crippen LogP contribution is -2.42. The minimum absolute atomic E-state index is 0. The molecule has 7 nitrogen and oxygen atoms in total. The summed E-state index contributed by atoms with van der Waals surface area (Å²) in [5, 5.41) is 15.4. The number of aromatic nitrogens is 3. The Balaban J connectivity index is 0.00000240. The standard InChI is InChI=1S/C21H30N6O.HI/c1-15-7-9-16(10-8-15)20-17(5-4-12-28-20)13-23-21(22-2)24-14-19-26-25-18-6-3-11-27(18)19;/h7-10,17,20H,3-6,11-14H2,1-2H3,(H2,22,23,24);1H. The van der Waals surface area contributed by atoms with Crippen molar-refractivity contribution in [1.82, 2.24) is 25.4 Å². The third kappa shape index (κ3) is 5.28. The average molecular weight is 510 g/mol. The van der Waals surface area contributed by atoms with Crippen molar-refractivity contribution in [1.29, 1.82) is 0 Å². The number of fused-ring (bicyclic) bond motifs is 1. The number of hydrogen-bond acceptors (Lipinski definition) is 4. The highest BCUT2D eigenvalue weighted by molar-refractivity contribution is 14.0. The maximum absolute atomic E-state index is 6.13. The summed E-state index contributed by atoms with van der Waals surface area (Å²) in [5.41, 5.74) is 2.54. The Morgan fingerprint density at radius 2 is 2.03 bits per heavy atom. The fourth-order valence-corrected chi connectivity index (χ4v) is 4.13. The van der Waals surface area contributed by atoms with Gasteiger partial charge in [-0.3, -0.25) is 4.99 Å². The Kier molecular flexibility index (Phi) is 7.88. The number of ether oxygens (including phenoxy) is 1. The zero-order valence-electron chi connectivity index (χ0n) is 17.2. The Morgan fingerprint density at radius 3 is 2.83 bits per heavy atom. The molecule has 29 heavy (non-hydrogen) atoms. The Labute approximate surface area is 189 Å². The zero-order valence-corrected chi connectivity index (χ0v) is 19.6. The minimum Gasteiger partial charge on any atom is -0.373 e. The van der Waals surface area contributed by atoms with Crippen LogP contribution in [-0.2, 0) is 24.2 Å². The molecular weight excluding hydrogens is 479 g/mol. The molecule has 8 heteroatoms. The molecule has 0 amide bonds. The van der Waals surface area contributed by atoms with Crippen LogP contribution >= 0.6 is 24.0 Å². The summed E-state index contributed by atoms with van der Waals surface area (Å²) < 4.78 is 8.34. The molecular formula is C21H31IN6O. The van der Waals surface area contributed by atoms with E-state index < -0.39 is 0 Å². The third-order valence-corrected chi connectivity index (χ3v) is 5.71. The Morgan fingerprint density at radius 1 is 1.21 bits per heavy atom. The van der Waals surface area contributed by atoms with Gasteiger partial charge in [0.15, 0.2) is 11.8 Å². The molecule has 0 radical (unpaired) electrons. The zero-order chi connectivity index (χ0) is 19.3. The summed E-state index contributed by atoms with van der Waals surface area (Å²) >= 11 is 0. The van der Waals surface area contributed by atoms with E-state index in [1.807, 2.05) is 0 Å². The normalized spacial score (nSPS) is 21.4. The van der Waals surface area contributed by atoms with E-state index in [2.05, 4.69) is 61.6 Å². The van der Waals surface area contributed by atoms with E-state index in [0.29, 0.717) is 12.5 Å². The number of aliphatic imine (C=N–C) groups is 1. The summed E-state index contributed by atoms with van der Waals surface area (Å²) in [6.45, 7) is 5.43. The Hall–Kier alpha value is -1.68. The summed E-state index contributed by atoms with van der Waals surface area (Å²) in [4.78, 5) is 4.37. The molecule has 3 heterocycles. The smallest absolute Gasteiger partial charge is 0.191 e. The van der Waals surface area contributed by atoms with Crippen molar-refractivity contribution in [2.75, 3.05) is 20.2 Å². The molecule has 2 N–H and O–H groups in total. The van der Waals surface area contributed by atoms with Gasteiger partial charge < -0.3 is 19.9 Å². The van der Waals surface area contributed by atoms with Crippen LogP contribution < -0.4 is 10.6 Å². The van der Waals surface area contributed by atoms with Crippen molar-refractivity contribution < 1.29 is 4.74 Å². The summed E-state index contributed by atoms with van der Waals surface area (Å²) in [7, 11) is 1.80. The first-order valence-corrected chi connectivity index (χ1v) is 10.3. The first-order chi connectivity index (χ1) is 13.7. The number of guanidine groups is 1. The number of nitrogens with one attached hydrogen (secondary N) is 2. The summed E-state index contributed by atoms with van der Waals surface area (Å²) in [6.07, 6.45) is 4.58. The molecule has 1 fully saturated rings. The second kappa shape index (κ2) is 10.4. The van der Waals surface area contributed by atoms with E-state index in [1.165, 1.54) is 11.1 Å². The van der Waals surface area contributed by atoms with Crippen LogP contribution in [0.25, 0.3) is 0 Å². The topological polar surface area (TPSA) is 76.4 Å². The van der Waals surface area contributed by atoms with E-state index in [9.17, 15) is 0 Å². The molecule has 0 aliphatic carbocycles. The molecule has 2 aliphatic rings. The van der Waals surface area contributed by atoms with E-state index in [-0.39, 0.29) is 30.1 Å². The maximum atomic E-state index is 6.13. The van der Waals surface area contributed by atoms with Crippen LogP contribution in [0.3, 0.4) is 0 Å². The molecule has 1 aromatic carbocycles. The number of rotatable bonds is 5. The largest absolute Gasteiger partial charge is 0.373 e. The van der Waals surface area contributed by atoms with Crippen LogP contribution in [0, 0.1) is 12.8 Å². The minimum atomic E-state index is 0. The highest BCUT2D eigenvalue weighted by atomic mass is 127. The second-order valence-electron chi connectivity index (χ2n) is 7.70. The third-order valence-electron chi connectivity index (χ3n) is 5.71. The van der Waals surface area contributed by atoms with Crippen LogP contribution in [0.5, 0.6) is 0 Å². The maximum Gasteiger partial charge on any atom is 0.191 e. The van der Waals surface area contributed by atoms with Crippen molar-refractivity contribution >= 4 is 29.9 Å². The molecule has 4 rings (SSSR count). The van der Waals surface area contributed by atoms with E-state index >= 15 is 0 Å². The number of hydrogen-bond donors (Lipinski definition) is 2. The lowest BCUT2D eigenvalue weighted by molar-refractivity contribution is -0.0265. The van der Waals surface area contributed by atoms with E-state index in [1.54, 1.807) is 7.05 Å². The predicted molar refractivity (Wildman–Crippen MR) is 125 cm³/mol.